The highest BCUT2D eigenvalue weighted by molar-refractivity contribution is 14.0. The summed E-state index contributed by atoms with van der Waals surface area (Å²) in [5.74, 6) is 1.69. The van der Waals surface area contributed by atoms with Crippen LogP contribution in [0.1, 0.15) is 16.5 Å². The van der Waals surface area contributed by atoms with Gasteiger partial charge in [-0.25, -0.2) is 4.98 Å². The van der Waals surface area contributed by atoms with Crippen molar-refractivity contribution in [2.45, 2.75) is 12.6 Å². The highest BCUT2D eigenvalue weighted by Crippen LogP contribution is 2.29. The highest BCUT2D eigenvalue weighted by Gasteiger charge is 2.16. The molecule has 1 atom stereocenters. The molecule has 7 nitrogen and oxygen atoms in total. The minimum absolute atomic E-state index is 0. The van der Waals surface area contributed by atoms with Crippen LogP contribution in [0.25, 0.3) is 10.1 Å². The molecule has 9 heteroatoms. The number of likely N-dealkylation sites (N-methyl/N-ethyl adjacent to an activating group) is 1. The third kappa shape index (κ3) is 6.31. The van der Waals surface area contributed by atoms with E-state index in [-0.39, 0.29) is 24.0 Å². The molecule has 0 bridgehead atoms. The molecule has 3 aromatic rings. The number of thiophene rings is 1. The molecule has 1 unspecified atom stereocenters. The first-order valence-corrected chi connectivity index (χ1v) is 11.4. The lowest BCUT2D eigenvalue weighted by Gasteiger charge is -2.33. The number of aliphatic hydroxyl groups is 1. The van der Waals surface area contributed by atoms with Crippen molar-refractivity contribution in [3.8, 4) is 0 Å². The van der Waals surface area contributed by atoms with Crippen LogP contribution >= 0.6 is 35.3 Å². The summed E-state index contributed by atoms with van der Waals surface area (Å²) in [5.41, 5.74) is 1.15. The van der Waals surface area contributed by atoms with Crippen LogP contribution in [-0.4, -0.2) is 67.8 Å². The Labute approximate surface area is 210 Å². The second kappa shape index (κ2) is 11.8. The highest BCUT2D eigenvalue weighted by atomic mass is 127. The van der Waals surface area contributed by atoms with Crippen molar-refractivity contribution in [1.82, 2.24) is 20.5 Å². The number of anilines is 1. The number of hydrogen-bond donors (Lipinski definition) is 3. The molecule has 1 aromatic carbocycles. The van der Waals surface area contributed by atoms with E-state index < -0.39 is 6.10 Å². The summed E-state index contributed by atoms with van der Waals surface area (Å²) in [6.45, 7) is 5.15. The van der Waals surface area contributed by atoms with Crippen molar-refractivity contribution >= 4 is 57.2 Å². The lowest BCUT2D eigenvalue weighted by atomic mass is 10.2. The Kier molecular flexibility index (Phi) is 9.09. The van der Waals surface area contributed by atoms with Gasteiger partial charge in [0.25, 0.3) is 0 Å². The van der Waals surface area contributed by atoms with E-state index in [1.807, 2.05) is 24.4 Å². The third-order valence-corrected chi connectivity index (χ3v) is 6.77. The number of benzene rings is 1. The Hall–Kier alpha value is -1.95. The number of halogens is 1. The molecule has 32 heavy (non-hydrogen) atoms. The van der Waals surface area contributed by atoms with E-state index in [1.165, 1.54) is 4.70 Å². The van der Waals surface area contributed by atoms with Gasteiger partial charge >= 0.3 is 0 Å². The second-order valence-corrected chi connectivity index (χ2v) is 8.94. The number of aliphatic hydroxyl groups excluding tert-OH is 1. The van der Waals surface area contributed by atoms with Gasteiger partial charge in [-0.05, 0) is 42.3 Å². The summed E-state index contributed by atoms with van der Waals surface area (Å²) in [4.78, 5) is 14.5. The Morgan fingerprint density at radius 1 is 1.16 bits per heavy atom. The van der Waals surface area contributed by atoms with Crippen molar-refractivity contribution < 1.29 is 5.11 Å². The number of nitrogens with one attached hydrogen (secondary N) is 2. The van der Waals surface area contributed by atoms with Crippen LogP contribution < -0.4 is 15.5 Å². The molecule has 172 valence electrons. The molecular weight excluding hydrogens is 535 g/mol. The zero-order valence-corrected chi connectivity index (χ0v) is 21.6. The fourth-order valence-electron chi connectivity index (χ4n) is 3.65. The Morgan fingerprint density at radius 3 is 2.69 bits per heavy atom. The van der Waals surface area contributed by atoms with Crippen LogP contribution in [0.3, 0.4) is 0 Å². The number of fused-ring (bicyclic) bond motifs is 1. The SMILES string of the molecule is CN=C(NCc1ccnc(N2CCN(C)CC2)c1)NCC(O)c1cc2ccccc2s1.I. The lowest BCUT2D eigenvalue weighted by molar-refractivity contribution is 0.184. The zero-order valence-electron chi connectivity index (χ0n) is 18.5. The monoisotopic (exact) mass is 566 g/mol. The Bertz CT molecular complexity index is 1000. The molecule has 3 N–H and O–H groups in total. The molecular formula is C23H31IN6OS. The molecule has 0 aliphatic carbocycles. The Balaban J connectivity index is 0.00000289. The van der Waals surface area contributed by atoms with E-state index in [2.05, 4.69) is 61.7 Å². The molecule has 3 heterocycles. The molecule has 1 aliphatic rings. The van der Waals surface area contributed by atoms with Crippen molar-refractivity contribution in [2.24, 2.45) is 4.99 Å². The molecule has 0 saturated carbocycles. The first-order chi connectivity index (χ1) is 15.1. The average Bonchev–Trinajstić information content (AvgIpc) is 3.24. The van der Waals surface area contributed by atoms with Gasteiger partial charge in [0.1, 0.15) is 11.9 Å². The summed E-state index contributed by atoms with van der Waals surface area (Å²) in [6.07, 6.45) is 1.28. The van der Waals surface area contributed by atoms with E-state index in [4.69, 9.17) is 0 Å². The zero-order chi connectivity index (χ0) is 21.6. The first kappa shape index (κ1) is 24.7. The van der Waals surface area contributed by atoms with Crippen LogP contribution in [0.15, 0.2) is 53.7 Å². The predicted octanol–water partition coefficient (Wildman–Crippen LogP) is 3.06. The van der Waals surface area contributed by atoms with Gasteiger partial charge in [0.2, 0.25) is 0 Å². The van der Waals surface area contributed by atoms with E-state index in [0.29, 0.717) is 19.0 Å². The molecule has 1 fully saturated rings. The number of piperazine rings is 1. The van der Waals surface area contributed by atoms with Crippen LogP contribution in [0.5, 0.6) is 0 Å². The summed E-state index contributed by atoms with van der Waals surface area (Å²) >= 11 is 1.63. The molecule has 2 aromatic heterocycles. The third-order valence-electron chi connectivity index (χ3n) is 5.56. The minimum Gasteiger partial charge on any atom is -0.386 e. The fraction of sp³-hybridized carbons (Fsp3) is 0.391. The minimum atomic E-state index is -0.583. The van der Waals surface area contributed by atoms with Gasteiger partial charge in [0.05, 0.1) is 0 Å². The summed E-state index contributed by atoms with van der Waals surface area (Å²) in [6, 6.07) is 14.4. The van der Waals surface area contributed by atoms with Crippen molar-refractivity contribution in [2.75, 3.05) is 51.7 Å². The number of guanidine groups is 1. The number of aliphatic imine (C=N–C) groups is 1. The van der Waals surface area contributed by atoms with Crippen LogP contribution in [0, 0.1) is 0 Å². The molecule has 0 radical (unpaired) electrons. The molecule has 4 rings (SSSR count). The van der Waals surface area contributed by atoms with E-state index in [9.17, 15) is 5.11 Å². The Morgan fingerprint density at radius 2 is 1.94 bits per heavy atom. The van der Waals surface area contributed by atoms with Gasteiger partial charge in [-0.1, -0.05) is 18.2 Å². The molecule has 1 saturated heterocycles. The van der Waals surface area contributed by atoms with Crippen molar-refractivity contribution in [3.63, 3.8) is 0 Å². The largest absolute Gasteiger partial charge is 0.386 e. The van der Waals surface area contributed by atoms with Gasteiger partial charge in [0, 0.05) is 62.1 Å². The lowest BCUT2D eigenvalue weighted by Crippen LogP contribution is -2.44. The second-order valence-electron chi connectivity index (χ2n) is 7.82. The normalized spacial score (nSPS) is 16.0. The average molecular weight is 567 g/mol. The summed E-state index contributed by atoms with van der Waals surface area (Å²) in [7, 11) is 3.89. The standard InChI is InChI=1S/C23H30N6OS.HI/c1-24-23(27-16-19(30)21-14-18-5-3-4-6-20(18)31-21)26-15-17-7-8-25-22(13-17)29-11-9-28(2)10-12-29;/h3-8,13-14,19,30H,9-12,15-16H2,1-2H3,(H2,24,26,27);1H. The summed E-state index contributed by atoms with van der Waals surface area (Å²) in [5, 5.41) is 18.3. The topological polar surface area (TPSA) is 76.0 Å². The number of pyridine rings is 1. The predicted molar refractivity (Wildman–Crippen MR) is 144 cm³/mol. The fourth-order valence-corrected chi connectivity index (χ4v) is 4.70. The molecule has 0 spiro atoms. The maximum atomic E-state index is 10.6. The molecule has 0 amide bonds. The summed E-state index contributed by atoms with van der Waals surface area (Å²) < 4.78 is 1.19. The van der Waals surface area contributed by atoms with Crippen LogP contribution in [-0.2, 0) is 6.54 Å². The van der Waals surface area contributed by atoms with Gasteiger partial charge in [-0.2, -0.15) is 0 Å². The van der Waals surface area contributed by atoms with Gasteiger partial charge in [0.15, 0.2) is 5.96 Å². The quantitative estimate of drug-likeness (QED) is 0.242. The maximum Gasteiger partial charge on any atom is 0.191 e. The van der Waals surface area contributed by atoms with Crippen molar-refractivity contribution in [1.29, 1.82) is 0 Å². The van der Waals surface area contributed by atoms with Crippen LogP contribution in [0.4, 0.5) is 5.82 Å². The number of aromatic nitrogens is 1. The van der Waals surface area contributed by atoms with Crippen LogP contribution in [0.2, 0.25) is 0 Å². The number of nitrogens with zero attached hydrogens (tertiary/aromatic N) is 4. The van der Waals surface area contributed by atoms with E-state index in [0.717, 1.165) is 47.8 Å². The smallest absolute Gasteiger partial charge is 0.191 e. The van der Waals surface area contributed by atoms with E-state index in [1.54, 1.807) is 18.4 Å². The molecule has 1 aliphatic heterocycles. The number of hydrogen-bond acceptors (Lipinski definition) is 6. The first-order valence-electron chi connectivity index (χ1n) is 10.6. The van der Waals surface area contributed by atoms with Crippen molar-refractivity contribution in [3.05, 3.63) is 59.1 Å². The van der Waals surface area contributed by atoms with Gasteiger partial charge < -0.3 is 25.5 Å². The number of rotatable bonds is 6. The van der Waals surface area contributed by atoms with Gasteiger partial charge in [-0.15, -0.1) is 35.3 Å². The van der Waals surface area contributed by atoms with E-state index >= 15 is 0 Å². The maximum absolute atomic E-state index is 10.6. The van der Waals surface area contributed by atoms with Gasteiger partial charge in [-0.3, -0.25) is 4.99 Å².